The molecule has 0 saturated carbocycles. The van der Waals surface area contributed by atoms with Gasteiger partial charge in [0.1, 0.15) is 0 Å². The first-order valence-electron chi connectivity index (χ1n) is 9.39. The number of aryl methyl sites for hydroxylation is 1. The van der Waals surface area contributed by atoms with Crippen LogP contribution in [0.1, 0.15) is 44.3 Å². The number of carbonyl (C=O) groups excluding carboxylic acids is 1. The molecule has 12 heteroatoms. The summed E-state index contributed by atoms with van der Waals surface area (Å²) in [6.45, 7) is 1.91. The van der Waals surface area contributed by atoms with Crippen molar-refractivity contribution in [3.8, 4) is 0 Å². The number of rotatable bonds is 3. The third kappa shape index (κ3) is 5.17. The molecule has 2 atom stereocenters. The minimum atomic E-state index is -5.07. The molecule has 2 aromatic rings. The molecule has 32 heavy (non-hydrogen) atoms. The predicted molar refractivity (Wildman–Crippen MR) is 104 cm³/mol. The van der Waals surface area contributed by atoms with Gasteiger partial charge in [-0.3, -0.25) is 4.79 Å². The first-order valence-corrected chi connectivity index (χ1v) is 10.3. The highest BCUT2D eigenvalue weighted by atomic mass is 32.1. The van der Waals surface area contributed by atoms with Crippen molar-refractivity contribution in [1.82, 2.24) is 10.2 Å². The van der Waals surface area contributed by atoms with Crippen molar-refractivity contribution in [2.45, 2.75) is 37.7 Å². The monoisotopic (exact) mass is 480 g/mol. The lowest BCUT2D eigenvalue weighted by atomic mass is 9.89. The zero-order valence-corrected chi connectivity index (χ0v) is 17.4. The molecule has 2 unspecified atom stereocenters. The van der Waals surface area contributed by atoms with Crippen LogP contribution in [0.4, 0.5) is 31.1 Å². The molecular formula is C20H18F6N2O3S. The molecule has 3 rings (SSSR count). The van der Waals surface area contributed by atoms with Gasteiger partial charge in [-0.1, -0.05) is 0 Å². The zero-order valence-electron chi connectivity index (χ0n) is 16.5. The summed E-state index contributed by atoms with van der Waals surface area (Å²) in [4.78, 5) is 26.1. The van der Waals surface area contributed by atoms with Crippen molar-refractivity contribution >= 4 is 23.3 Å². The van der Waals surface area contributed by atoms with E-state index in [-0.39, 0.29) is 25.6 Å². The average Bonchev–Trinajstić information content (AvgIpc) is 3.12. The fourth-order valence-corrected chi connectivity index (χ4v) is 4.75. The van der Waals surface area contributed by atoms with Gasteiger partial charge in [-0.05, 0) is 48.6 Å². The molecule has 2 amide bonds. The Labute approximate surface area is 182 Å². The number of alkyl halides is 6. The highest BCUT2D eigenvalue weighted by Gasteiger charge is 2.39. The molecule has 0 bridgehead atoms. The number of nitrogens with zero attached hydrogens (tertiary/aromatic N) is 1. The van der Waals surface area contributed by atoms with Crippen LogP contribution in [0.25, 0.3) is 0 Å². The summed E-state index contributed by atoms with van der Waals surface area (Å²) in [6.07, 6.45) is -11.1. The number of piperidine rings is 1. The smallest absolute Gasteiger partial charge is 0.416 e. The normalized spacial score (nSPS) is 19.7. The summed E-state index contributed by atoms with van der Waals surface area (Å²) in [6, 6.07) is 1.85. The van der Waals surface area contributed by atoms with Gasteiger partial charge in [-0.25, -0.2) is 4.79 Å². The van der Waals surface area contributed by atoms with Crippen LogP contribution in [-0.2, 0) is 12.4 Å². The number of amides is 2. The van der Waals surface area contributed by atoms with Gasteiger partial charge in [0, 0.05) is 35.5 Å². The summed E-state index contributed by atoms with van der Waals surface area (Å²) >= 11 is 1.34. The molecule has 1 aliphatic rings. The maximum Gasteiger partial charge on any atom is 0.416 e. The number of hydrogen-bond acceptors (Lipinski definition) is 3. The lowest BCUT2D eigenvalue weighted by molar-refractivity contribution is -0.143. The van der Waals surface area contributed by atoms with Crippen LogP contribution < -0.4 is 5.32 Å². The van der Waals surface area contributed by atoms with Crippen molar-refractivity contribution in [1.29, 1.82) is 0 Å². The van der Waals surface area contributed by atoms with Gasteiger partial charge in [-0.2, -0.15) is 26.3 Å². The van der Waals surface area contributed by atoms with Crippen LogP contribution in [0.2, 0.25) is 0 Å². The van der Waals surface area contributed by atoms with Crippen LogP contribution in [0.15, 0.2) is 29.6 Å². The first-order chi connectivity index (χ1) is 14.8. The van der Waals surface area contributed by atoms with E-state index in [0.717, 1.165) is 10.4 Å². The lowest BCUT2D eigenvalue weighted by Gasteiger charge is -2.37. The number of nitrogens with one attached hydrogen (secondary N) is 1. The predicted octanol–water partition coefficient (Wildman–Crippen LogP) is 5.36. The van der Waals surface area contributed by atoms with Crippen LogP contribution in [0.5, 0.6) is 0 Å². The molecular weight excluding hydrogens is 462 g/mol. The molecule has 174 valence electrons. The maximum atomic E-state index is 13.1. The van der Waals surface area contributed by atoms with Crippen molar-refractivity contribution in [2.24, 2.45) is 0 Å². The lowest BCUT2D eigenvalue weighted by Crippen LogP contribution is -2.51. The van der Waals surface area contributed by atoms with E-state index in [9.17, 15) is 41.0 Å². The van der Waals surface area contributed by atoms with Gasteiger partial charge >= 0.3 is 18.4 Å². The summed E-state index contributed by atoms with van der Waals surface area (Å²) in [5.41, 5.74) is -3.08. The highest BCUT2D eigenvalue weighted by molar-refractivity contribution is 7.10. The van der Waals surface area contributed by atoms with Crippen molar-refractivity contribution in [3.05, 3.63) is 56.8 Å². The van der Waals surface area contributed by atoms with Crippen LogP contribution >= 0.6 is 11.3 Å². The maximum absolute atomic E-state index is 13.1. The largest absolute Gasteiger partial charge is 0.465 e. The molecule has 0 radical (unpaired) electrons. The van der Waals surface area contributed by atoms with Gasteiger partial charge < -0.3 is 15.3 Å². The number of likely N-dealkylation sites (tertiary alicyclic amines) is 1. The van der Waals surface area contributed by atoms with E-state index < -0.39 is 53.0 Å². The van der Waals surface area contributed by atoms with Gasteiger partial charge in [0.25, 0.3) is 5.91 Å². The SMILES string of the molecule is Cc1ccsc1C1CN(C(=O)O)CCC1NC(=O)c1cc(C(F)(F)F)cc(C(F)(F)F)c1. The number of carboxylic acid groups (broad SMARTS) is 1. The second-order valence-electron chi connectivity index (χ2n) is 7.47. The first kappa shape index (κ1) is 23.9. The zero-order chi connectivity index (χ0) is 23.8. The van der Waals surface area contributed by atoms with Crippen LogP contribution in [0, 0.1) is 6.92 Å². The van der Waals surface area contributed by atoms with E-state index in [1.807, 2.05) is 0 Å². The molecule has 5 nitrogen and oxygen atoms in total. The third-order valence-electron chi connectivity index (χ3n) is 5.29. The summed E-state index contributed by atoms with van der Waals surface area (Å²) in [5.74, 6) is -1.58. The van der Waals surface area contributed by atoms with Crippen molar-refractivity contribution in [2.75, 3.05) is 13.1 Å². The Bertz CT molecular complexity index is 985. The Kier molecular flexibility index (Phi) is 6.45. The Balaban J connectivity index is 1.92. The van der Waals surface area contributed by atoms with E-state index in [4.69, 9.17) is 0 Å². The summed E-state index contributed by atoms with van der Waals surface area (Å²) < 4.78 is 78.7. The highest BCUT2D eigenvalue weighted by Crippen LogP contribution is 2.37. The van der Waals surface area contributed by atoms with Gasteiger partial charge in [0.2, 0.25) is 0 Å². The fraction of sp³-hybridized carbons (Fsp3) is 0.400. The standard InChI is InChI=1S/C20H18F6N2O3S/c1-10-3-5-32-16(10)14-9-28(18(30)31)4-2-15(14)27-17(29)11-6-12(19(21,22)23)8-13(7-11)20(24,25)26/h3,5-8,14-15H,2,4,9H2,1H3,(H,27,29)(H,30,31). The topological polar surface area (TPSA) is 69.6 Å². The number of thiophene rings is 1. The van der Waals surface area contributed by atoms with Gasteiger partial charge in [0.15, 0.2) is 0 Å². The van der Waals surface area contributed by atoms with Crippen LogP contribution in [-0.4, -0.2) is 41.1 Å². The van der Waals surface area contributed by atoms with Gasteiger partial charge in [-0.15, -0.1) is 11.3 Å². The molecule has 0 aliphatic carbocycles. The van der Waals surface area contributed by atoms with Gasteiger partial charge in [0.05, 0.1) is 11.1 Å². The van der Waals surface area contributed by atoms with Crippen molar-refractivity contribution in [3.63, 3.8) is 0 Å². The van der Waals surface area contributed by atoms with E-state index in [1.165, 1.54) is 16.2 Å². The van der Waals surface area contributed by atoms with E-state index >= 15 is 0 Å². The second kappa shape index (κ2) is 8.64. The average molecular weight is 480 g/mol. The van der Waals surface area contributed by atoms with E-state index in [0.29, 0.717) is 12.1 Å². The molecule has 1 aliphatic heterocycles. The third-order valence-corrected chi connectivity index (χ3v) is 6.44. The van der Waals surface area contributed by atoms with Crippen LogP contribution in [0.3, 0.4) is 0 Å². The molecule has 1 aromatic heterocycles. The number of hydrogen-bond donors (Lipinski definition) is 2. The molecule has 0 spiro atoms. The Morgan fingerprint density at radius 1 is 1.09 bits per heavy atom. The minimum Gasteiger partial charge on any atom is -0.465 e. The van der Waals surface area contributed by atoms with Crippen molar-refractivity contribution < 1.29 is 41.0 Å². The Hall–Kier alpha value is -2.76. The summed E-state index contributed by atoms with van der Waals surface area (Å²) in [5, 5.41) is 13.6. The minimum absolute atomic E-state index is 0.0397. The molecule has 2 heterocycles. The quantitative estimate of drug-likeness (QED) is 0.582. The Morgan fingerprint density at radius 3 is 2.16 bits per heavy atom. The number of carbonyl (C=O) groups is 2. The molecule has 1 aromatic carbocycles. The number of benzene rings is 1. The number of halogens is 6. The summed E-state index contributed by atoms with van der Waals surface area (Å²) in [7, 11) is 0. The van der Waals surface area contributed by atoms with E-state index in [2.05, 4.69) is 5.32 Å². The second-order valence-corrected chi connectivity index (χ2v) is 8.41. The fourth-order valence-electron chi connectivity index (χ4n) is 3.67. The molecule has 1 saturated heterocycles. The van der Waals surface area contributed by atoms with E-state index in [1.54, 1.807) is 18.4 Å². The molecule has 1 fully saturated rings. The Morgan fingerprint density at radius 2 is 1.69 bits per heavy atom. The molecule has 2 N–H and O–H groups in total.